The smallest absolute Gasteiger partial charge is 0.213 e. The summed E-state index contributed by atoms with van der Waals surface area (Å²) in [5.74, 6) is 0.640. The number of aromatic nitrogens is 3. The average molecular weight is 291 g/mol. The van der Waals surface area contributed by atoms with Crippen LogP contribution in [0.25, 0.3) is 11.4 Å². The van der Waals surface area contributed by atoms with E-state index < -0.39 is 0 Å². The number of hydrogen-bond donors (Lipinski definition) is 2. The number of halogens is 2. The summed E-state index contributed by atoms with van der Waals surface area (Å²) >= 11 is 14.3. The van der Waals surface area contributed by atoms with Crippen LogP contribution in [0, 0.1) is 4.77 Å². The lowest BCUT2D eigenvalue weighted by Gasteiger charge is -2.01. The van der Waals surface area contributed by atoms with E-state index in [9.17, 15) is 0 Å². The van der Waals surface area contributed by atoms with Gasteiger partial charge in [0.15, 0.2) is 5.82 Å². The summed E-state index contributed by atoms with van der Waals surface area (Å²) in [6.07, 6.45) is 0. The van der Waals surface area contributed by atoms with E-state index in [0.717, 1.165) is 10.0 Å². The summed E-state index contributed by atoms with van der Waals surface area (Å²) in [5.41, 5.74) is 0.813. The molecule has 72 valence electrons. The van der Waals surface area contributed by atoms with Crippen LogP contribution in [-0.2, 0) is 0 Å². The minimum Gasteiger partial charge on any atom is -0.282 e. The Kier molecular flexibility index (Phi) is 2.71. The fraction of sp³-hybridized carbons (Fsp3) is 0. The van der Waals surface area contributed by atoms with Gasteiger partial charge in [0.2, 0.25) is 4.77 Å². The van der Waals surface area contributed by atoms with Gasteiger partial charge in [-0.2, -0.15) is 4.98 Å². The Morgan fingerprint density at radius 3 is 2.79 bits per heavy atom. The van der Waals surface area contributed by atoms with E-state index in [0.29, 0.717) is 15.6 Å². The molecule has 2 aromatic rings. The minimum atomic E-state index is 0.413. The molecule has 0 saturated heterocycles. The number of benzene rings is 1. The van der Waals surface area contributed by atoms with Gasteiger partial charge in [-0.25, -0.2) is 0 Å². The third kappa shape index (κ3) is 1.75. The van der Waals surface area contributed by atoms with Crippen LogP contribution in [0.3, 0.4) is 0 Å². The van der Waals surface area contributed by atoms with Crippen molar-refractivity contribution in [3.8, 4) is 11.4 Å². The molecule has 0 spiro atoms. The SMILES string of the molecule is S=c1nc(-c2cccc(Br)c2Cl)[nH][nH]1. The van der Waals surface area contributed by atoms with Gasteiger partial charge in [0.25, 0.3) is 0 Å². The summed E-state index contributed by atoms with van der Waals surface area (Å²) < 4.78 is 1.25. The van der Waals surface area contributed by atoms with Gasteiger partial charge in [0.1, 0.15) is 0 Å². The van der Waals surface area contributed by atoms with Gasteiger partial charge in [-0.3, -0.25) is 10.2 Å². The highest BCUT2D eigenvalue weighted by Crippen LogP contribution is 2.31. The summed E-state index contributed by atoms with van der Waals surface area (Å²) in [4.78, 5) is 4.08. The van der Waals surface area contributed by atoms with Crippen LogP contribution in [0.1, 0.15) is 0 Å². The Balaban J connectivity index is 2.62. The van der Waals surface area contributed by atoms with Crippen LogP contribution in [0.5, 0.6) is 0 Å². The molecule has 0 bridgehead atoms. The van der Waals surface area contributed by atoms with Crippen LogP contribution in [0.15, 0.2) is 22.7 Å². The molecule has 14 heavy (non-hydrogen) atoms. The monoisotopic (exact) mass is 289 g/mol. The lowest BCUT2D eigenvalue weighted by molar-refractivity contribution is 1.08. The van der Waals surface area contributed by atoms with Crippen molar-refractivity contribution in [2.75, 3.05) is 0 Å². The zero-order valence-corrected chi connectivity index (χ0v) is 10.0. The first-order chi connectivity index (χ1) is 6.68. The highest BCUT2D eigenvalue weighted by Gasteiger charge is 2.08. The number of rotatable bonds is 1. The summed E-state index contributed by atoms with van der Waals surface area (Å²) in [6.45, 7) is 0. The molecule has 0 aliphatic rings. The zero-order valence-electron chi connectivity index (χ0n) is 6.84. The van der Waals surface area contributed by atoms with Crippen molar-refractivity contribution in [1.82, 2.24) is 15.2 Å². The predicted molar refractivity (Wildman–Crippen MR) is 61.9 cm³/mol. The van der Waals surface area contributed by atoms with Gasteiger partial charge < -0.3 is 0 Å². The number of hydrogen-bond acceptors (Lipinski definition) is 2. The Hall–Kier alpha value is -0.650. The minimum absolute atomic E-state index is 0.413. The molecule has 0 saturated carbocycles. The van der Waals surface area contributed by atoms with Crippen LogP contribution in [0.4, 0.5) is 0 Å². The van der Waals surface area contributed by atoms with Gasteiger partial charge in [-0.1, -0.05) is 17.7 Å². The maximum atomic E-state index is 6.08. The maximum absolute atomic E-state index is 6.08. The van der Waals surface area contributed by atoms with Gasteiger partial charge in [0, 0.05) is 10.0 Å². The highest BCUT2D eigenvalue weighted by atomic mass is 79.9. The molecule has 1 heterocycles. The van der Waals surface area contributed by atoms with E-state index in [-0.39, 0.29) is 0 Å². The third-order valence-corrected chi connectivity index (χ3v) is 3.20. The largest absolute Gasteiger partial charge is 0.282 e. The van der Waals surface area contributed by atoms with Crippen LogP contribution < -0.4 is 0 Å². The van der Waals surface area contributed by atoms with E-state index in [1.165, 1.54) is 0 Å². The molecule has 0 fully saturated rings. The number of nitrogens with zero attached hydrogens (tertiary/aromatic N) is 1. The normalized spacial score (nSPS) is 10.4. The van der Waals surface area contributed by atoms with Crippen molar-refractivity contribution < 1.29 is 0 Å². The lowest BCUT2D eigenvalue weighted by Crippen LogP contribution is -1.82. The van der Waals surface area contributed by atoms with Crippen LogP contribution in [0.2, 0.25) is 5.02 Å². The van der Waals surface area contributed by atoms with E-state index >= 15 is 0 Å². The molecule has 0 atom stereocenters. The molecule has 0 aliphatic carbocycles. The molecule has 1 aromatic heterocycles. The molecule has 0 unspecified atom stereocenters. The molecule has 2 rings (SSSR count). The molecule has 1 aromatic carbocycles. The standard InChI is InChI=1S/C8H5BrClN3S/c9-5-3-1-2-4(6(5)10)7-11-8(14)13-12-7/h1-3H,(H2,11,12,13,14). The summed E-state index contributed by atoms with van der Waals surface area (Å²) in [7, 11) is 0. The first kappa shape index (κ1) is 9.89. The third-order valence-electron chi connectivity index (χ3n) is 1.71. The van der Waals surface area contributed by atoms with Crippen molar-refractivity contribution >= 4 is 39.7 Å². The van der Waals surface area contributed by atoms with Crippen molar-refractivity contribution in [3.63, 3.8) is 0 Å². The molecule has 0 amide bonds. The van der Waals surface area contributed by atoms with Crippen LogP contribution >= 0.6 is 39.7 Å². The summed E-state index contributed by atoms with van der Waals surface area (Å²) in [6, 6.07) is 5.62. The Bertz CT molecular complexity index is 519. The second kappa shape index (κ2) is 3.84. The molecular weight excluding hydrogens is 286 g/mol. The predicted octanol–water partition coefficient (Wildman–Crippen LogP) is 3.55. The van der Waals surface area contributed by atoms with E-state index in [1.807, 2.05) is 18.2 Å². The Labute approximate surface area is 98.6 Å². The van der Waals surface area contributed by atoms with Gasteiger partial charge in [0.05, 0.1) is 5.02 Å². The highest BCUT2D eigenvalue weighted by molar-refractivity contribution is 9.10. The molecule has 0 radical (unpaired) electrons. The first-order valence-corrected chi connectivity index (χ1v) is 5.35. The van der Waals surface area contributed by atoms with Crippen molar-refractivity contribution in [1.29, 1.82) is 0 Å². The fourth-order valence-corrected chi connectivity index (χ4v) is 1.81. The van der Waals surface area contributed by atoms with Crippen molar-refractivity contribution in [2.24, 2.45) is 0 Å². The van der Waals surface area contributed by atoms with Gasteiger partial charge >= 0.3 is 0 Å². The second-order valence-electron chi connectivity index (χ2n) is 2.62. The lowest BCUT2D eigenvalue weighted by atomic mass is 10.2. The van der Waals surface area contributed by atoms with Gasteiger partial charge in [-0.15, -0.1) is 0 Å². The van der Waals surface area contributed by atoms with Crippen LogP contribution in [-0.4, -0.2) is 15.2 Å². The van der Waals surface area contributed by atoms with Crippen molar-refractivity contribution in [3.05, 3.63) is 32.5 Å². The molecule has 6 heteroatoms. The van der Waals surface area contributed by atoms with Crippen molar-refractivity contribution in [2.45, 2.75) is 0 Å². The molecule has 2 N–H and O–H groups in total. The van der Waals surface area contributed by atoms with Gasteiger partial charge in [-0.05, 0) is 40.3 Å². The quantitative estimate of drug-likeness (QED) is 0.789. The van der Waals surface area contributed by atoms with E-state index in [4.69, 9.17) is 23.8 Å². The molecular formula is C8H5BrClN3S. The zero-order chi connectivity index (χ0) is 10.1. The molecule has 3 nitrogen and oxygen atoms in total. The summed E-state index contributed by atoms with van der Waals surface area (Å²) in [5, 5.41) is 6.18. The maximum Gasteiger partial charge on any atom is 0.213 e. The number of H-pyrrole nitrogens is 2. The number of nitrogens with one attached hydrogen (secondary N) is 2. The van der Waals surface area contributed by atoms with E-state index in [1.54, 1.807) is 0 Å². The van der Waals surface area contributed by atoms with E-state index in [2.05, 4.69) is 31.1 Å². The number of aromatic amines is 2. The Morgan fingerprint density at radius 1 is 1.36 bits per heavy atom. The Morgan fingerprint density at radius 2 is 2.14 bits per heavy atom. The topological polar surface area (TPSA) is 44.5 Å². The molecule has 0 aliphatic heterocycles. The fourth-order valence-electron chi connectivity index (χ4n) is 1.08. The first-order valence-electron chi connectivity index (χ1n) is 3.77. The second-order valence-corrected chi connectivity index (χ2v) is 4.24. The average Bonchev–Trinajstić information content (AvgIpc) is 2.57.